The van der Waals surface area contributed by atoms with E-state index in [2.05, 4.69) is 159 Å². The quantitative estimate of drug-likeness (QED) is 0.217. The van der Waals surface area contributed by atoms with Gasteiger partial charge in [-0.2, -0.15) is 43.7 Å². The van der Waals surface area contributed by atoms with E-state index < -0.39 is 0 Å². The number of likely N-dealkylation sites (N-methyl/N-ethyl adjacent to an activating group) is 1. The van der Waals surface area contributed by atoms with Gasteiger partial charge in [0.2, 0.25) is 0 Å². The number of allylic oxidation sites excluding steroid dienone is 9. The molecule has 0 atom stereocenters. The van der Waals surface area contributed by atoms with E-state index in [0.29, 0.717) is 0 Å². The Hall–Kier alpha value is -4.26. The first-order chi connectivity index (χ1) is 23.3. The molecule has 0 saturated heterocycles. The van der Waals surface area contributed by atoms with E-state index in [1.807, 2.05) is 58.3 Å². The van der Waals surface area contributed by atoms with E-state index in [1.165, 1.54) is 28.5 Å². The van der Waals surface area contributed by atoms with E-state index in [1.54, 1.807) is 9.36 Å². The summed E-state index contributed by atoms with van der Waals surface area (Å²) in [6.07, 6.45) is 27.0. The summed E-state index contributed by atoms with van der Waals surface area (Å²) in [5.74, 6) is 1.78. The molecule has 4 aromatic rings. The Kier molecular flexibility index (Phi) is 15.9. The number of fused-ring (bicyclic) bond motifs is 1. The number of aromatic nitrogens is 6. The smallest absolute Gasteiger partial charge is 0.0335 e. The fourth-order valence-electron chi connectivity index (χ4n) is 4.92. The standard InChI is InChI=1S/C16H16N2.C14H12N2.2C4H6N3.2Pt/c1-17-13-18(14-9-5-2-3-6-10-14)16-12-8-4-7-11-15(16)17;1-15-11-16(12-7-3-2-4-8-12)14-10-6-5-9-13(14)15;2*1-4-5-3-6-7(4)2;;/h2-3,5,7-9,11-13H,4,10H2,1H3;2-7,9-11H,1H3;2*1-2H3;;/q2*-2;2*-1;;. The normalized spacial score (nSPS) is 15.1. The van der Waals surface area contributed by atoms with Crippen LogP contribution in [-0.2, 0) is 56.2 Å². The second kappa shape index (κ2) is 19.8. The largest absolute Gasteiger partial charge is 0.504 e. The number of hydrogen-bond donors (Lipinski definition) is 0. The molecule has 2 aliphatic carbocycles. The molecule has 10 nitrogen and oxygen atoms in total. The Morgan fingerprint density at radius 1 is 0.700 bits per heavy atom. The number of nitrogens with zero attached hydrogens (tertiary/aromatic N) is 10. The van der Waals surface area contributed by atoms with Crippen LogP contribution in [-0.4, -0.2) is 53.4 Å². The van der Waals surface area contributed by atoms with Crippen molar-refractivity contribution in [2.45, 2.75) is 26.7 Å². The molecule has 268 valence electrons. The Balaban J connectivity index is 0.000000192. The van der Waals surface area contributed by atoms with Crippen LogP contribution in [0.5, 0.6) is 0 Å². The van der Waals surface area contributed by atoms with Gasteiger partial charge in [0.15, 0.2) is 0 Å². The molecule has 0 radical (unpaired) electrons. The van der Waals surface area contributed by atoms with Crippen LogP contribution in [0.4, 0.5) is 17.1 Å². The average molecular weight is 1030 g/mol. The molecule has 2 aliphatic heterocycles. The van der Waals surface area contributed by atoms with Gasteiger partial charge in [0.05, 0.1) is 0 Å². The molecule has 0 saturated carbocycles. The predicted octanol–water partition coefficient (Wildman–Crippen LogP) is 6.32. The van der Waals surface area contributed by atoms with Gasteiger partial charge in [-0.1, -0.05) is 50.6 Å². The zero-order valence-electron chi connectivity index (χ0n) is 28.9. The summed E-state index contributed by atoms with van der Waals surface area (Å²) in [6.45, 7) is 7.97. The van der Waals surface area contributed by atoms with Crippen LogP contribution in [0.3, 0.4) is 0 Å². The summed E-state index contributed by atoms with van der Waals surface area (Å²) in [4.78, 5) is 16.2. The van der Waals surface area contributed by atoms with Crippen molar-refractivity contribution in [3.8, 4) is 0 Å². The fraction of sp³-hybridized carbons (Fsp3) is 0.211. The average Bonchev–Trinajstić information content (AvgIpc) is 3.71. The zero-order valence-corrected chi connectivity index (χ0v) is 33.5. The molecule has 0 spiro atoms. The first-order valence-corrected chi connectivity index (χ1v) is 15.6. The molecule has 0 fully saturated rings. The van der Waals surface area contributed by atoms with Crippen LogP contribution in [0.25, 0.3) is 0 Å². The number of hydrogen-bond acceptors (Lipinski definition) is 8. The molecule has 50 heavy (non-hydrogen) atoms. The fourth-order valence-corrected chi connectivity index (χ4v) is 4.92. The van der Waals surface area contributed by atoms with E-state index >= 15 is 0 Å². The molecular weight excluding hydrogens is 987 g/mol. The van der Waals surface area contributed by atoms with E-state index in [0.717, 1.165) is 30.2 Å². The third-order valence-corrected chi connectivity index (χ3v) is 7.73. The number of para-hydroxylation sites is 3. The Bertz CT molecular complexity index is 1760. The van der Waals surface area contributed by atoms with Crippen molar-refractivity contribution in [3.63, 3.8) is 0 Å². The Morgan fingerprint density at radius 2 is 1.32 bits per heavy atom. The first kappa shape index (κ1) is 40.2. The van der Waals surface area contributed by atoms with Crippen molar-refractivity contribution in [2.24, 2.45) is 14.1 Å². The number of rotatable bonds is 2. The summed E-state index contributed by atoms with van der Waals surface area (Å²) in [5.41, 5.74) is 7.24. The summed E-state index contributed by atoms with van der Waals surface area (Å²) in [5, 5.41) is 7.39. The second-order valence-corrected chi connectivity index (χ2v) is 11.1. The number of anilines is 3. The van der Waals surface area contributed by atoms with E-state index in [-0.39, 0.29) is 42.1 Å². The van der Waals surface area contributed by atoms with Crippen molar-refractivity contribution in [3.05, 3.63) is 164 Å². The molecule has 8 rings (SSSR count). The van der Waals surface area contributed by atoms with Crippen LogP contribution < -0.4 is 9.80 Å². The molecule has 0 amide bonds. The Morgan fingerprint density at radius 3 is 1.90 bits per heavy atom. The van der Waals surface area contributed by atoms with Crippen molar-refractivity contribution in [2.75, 3.05) is 23.9 Å². The zero-order chi connectivity index (χ0) is 33.9. The van der Waals surface area contributed by atoms with Crippen molar-refractivity contribution < 1.29 is 42.1 Å². The molecule has 4 heterocycles. The third-order valence-electron chi connectivity index (χ3n) is 7.73. The Labute approximate surface area is 325 Å². The van der Waals surface area contributed by atoms with Crippen LogP contribution in [0.15, 0.2) is 114 Å². The topological polar surface area (TPSA) is 74.4 Å². The molecule has 2 aromatic heterocycles. The number of aryl methyl sites for hydroxylation is 4. The first-order valence-electron chi connectivity index (χ1n) is 15.6. The van der Waals surface area contributed by atoms with Crippen LogP contribution >= 0.6 is 0 Å². The molecule has 0 N–H and O–H groups in total. The molecule has 12 heteroatoms. The van der Waals surface area contributed by atoms with Gasteiger partial charge in [-0.05, 0) is 74.8 Å². The SMILES string of the molecule is CN1[CH-]N(C2=CC=CC=[C-]C2)C2=C1C=CCC=C2.CN1[CH-]N(c2[c-]cccc2)c2ccccc21.Cc1n[c-]nn1C.Cc1n[c-]nn1C.[Pt].[Pt]. The molecule has 2 aromatic carbocycles. The van der Waals surface area contributed by atoms with E-state index in [9.17, 15) is 0 Å². The molecule has 0 unspecified atom stereocenters. The number of benzene rings is 2. The van der Waals surface area contributed by atoms with Gasteiger partial charge in [-0.3, -0.25) is 16.3 Å². The van der Waals surface area contributed by atoms with Crippen molar-refractivity contribution >= 4 is 17.1 Å². The molecule has 4 aliphatic rings. The van der Waals surface area contributed by atoms with Crippen LogP contribution in [0.1, 0.15) is 24.5 Å². The summed E-state index contributed by atoms with van der Waals surface area (Å²) >= 11 is 0. The minimum absolute atomic E-state index is 0. The van der Waals surface area contributed by atoms with Gasteiger partial charge in [0.1, 0.15) is 0 Å². The minimum Gasteiger partial charge on any atom is -0.504 e. The summed E-state index contributed by atoms with van der Waals surface area (Å²) in [6, 6.07) is 19.6. The van der Waals surface area contributed by atoms with Crippen LogP contribution in [0, 0.1) is 52.0 Å². The van der Waals surface area contributed by atoms with E-state index in [4.69, 9.17) is 0 Å². The monoisotopic (exact) mass is 1030 g/mol. The maximum Gasteiger partial charge on any atom is 0.0335 e. The van der Waals surface area contributed by atoms with Gasteiger partial charge < -0.3 is 38.9 Å². The second-order valence-electron chi connectivity index (χ2n) is 11.1. The van der Waals surface area contributed by atoms with Crippen LogP contribution in [0.2, 0.25) is 0 Å². The van der Waals surface area contributed by atoms with Gasteiger partial charge in [-0.25, -0.2) is 12.2 Å². The summed E-state index contributed by atoms with van der Waals surface area (Å²) < 4.78 is 3.33. The maximum absolute atomic E-state index is 3.74. The van der Waals surface area contributed by atoms with Gasteiger partial charge in [-0.15, -0.1) is 11.8 Å². The minimum atomic E-state index is 0. The summed E-state index contributed by atoms with van der Waals surface area (Å²) in [7, 11) is 7.81. The van der Waals surface area contributed by atoms with Gasteiger partial charge in [0, 0.05) is 79.0 Å². The van der Waals surface area contributed by atoms with Crippen molar-refractivity contribution in [1.82, 2.24) is 39.3 Å². The van der Waals surface area contributed by atoms with Gasteiger partial charge in [0.25, 0.3) is 0 Å². The third kappa shape index (κ3) is 10.4. The van der Waals surface area contributed by atoms with Gasteiger partial charge >= 0.3 is 0 Å². The van der Waals surface area contributed by atoms with Crippen molar-refractivity contribution in [1.29, 1.82) is 0 Å². The molecule has 0 bridgehead atoms. The maximum atomic E-state index is 3.74. The predicted molar refractivity (Wildman–Crippen MR) is 189 cm³/mol. The molecular formula is C38H40N10Pt2-6.